The molecule has 1 aliphatic rings. The third-order valence-corrected chi connectivity index (χ3v) is 3.31. The Hall–Kier alpha value is -1.06. The van der Waals surface area contributed by atoms with Gasteiger partial charge in [-0.05, 0) is 18.3 Å². The molecule has 0 aromatic heterocycles. The first-order chi connectivity index (χ1) is 8.43. The van der Waals surface area contributed by atoms with Gasteiger partial charge >= 0.3 is 0 Å². The van der Waals surface area contributed by atoms with Crippen LogP contribution in [-0.2, 0) is 9.53 Å². The van der Waals surface area contributed by atoms with Crippen LogP contribution < -0.4 is 5.32 Å². The highest BCUT2D eigenvalue weighted by Crippen LogP contribution is 2.19. The van der Waals surface area contributed by atoms with Crippen LogP contribution in [-0.4, -0.2) is 30.5 Å². The van der Waals surface area contributed by atoms with E-state index in [9.17, 15) is 4.79 Å². The van der Waals surface area contributed by atoms with Crippen molar-refractivity contribution in [3.05, 3.63) is 0 Å². The summed E-state index contributed by atoms with van der Waals surface area (Å²) in [7, 11) is 0. The molecule has 0 aromatic carbocycles. The topological polar surface area (TPSA) is 50.7 Å². The highest BCUT2D eigenvalue weighted by Gasteiger charge is 2.30. The van der Waals surface area contributed by atoms with E-state index in [-0.39, 0.29) is 18.0 Å². The van der Waals surface area contributed by atoms with Crippen molar-refractivity contribution in [2.24, 2.45) is 16.8 Å². The van der Waals surface area contributed by atoms with Crippen LogP contribution in [0.3, 0.4) is 0 Å². The van der Waals surface area contributed by atoms with Crippen LogP contribution in [0.15, 0.2) is 4.99 Å². The fourth-order valence-corrected chi connectivity index (χ4v) is 2.17. The van der Waals surface area contributed by atoms with Gasteiger partial charge in [0.05, 0.1) is 6.04 Å². The average molecular weight is 254 g/mol. The lowest BCUT2D eigenvalue weighted by atomic mass is 9.99. The first-order valence-corrected chi connectivity index (χ1v) is 6.91. The van der Waals surface area contributed by atoms with Crippen molar-refractivity contribution in [1.82, 2.24) is 5.32 Å². The number of nitrogens with zero attached hydrogens (tertiary/aromatic N) is 1. The quantitative estimate of drug-likeness (QED) is 0.791. The van der Waals surface area contributed by atoms with Gasteiger partial charge in [0.1, 0.15) is 12.6 Å². The van der Waals surface area contributed by atoms with Crippen molar-refractivity contribution in [1.29, 1.82) is 0 Å². The second-order valence-corrected chi connectivity index (χ2v) is 5.63. The Morgan fingerprint density at radius 1 is 1.50 bits per heavy atom. The Balaban J connectivity index is 2.71. The van der Waals surface area contributed by atoms with Gasteiger partial charge in [-0.15, -0.1) is 0 Å². The largest absolute Gasteiger partial charge is 0.477 e. The van der Waals surface area contributed by atoms with Crippen LogP contribution in [0.2, 0.25) is 0 Å². The Morgan fingerprint density at radius 2 is 2.17 bits per heavy atom. The maximum absolute atomic E-state index is 11.3. The van der Waals surface area contributed by atoms with Crippen molar-refractivity contribution in [2.75, 3.05) is 6.61 Å². The van der Waals surface area contributed by atoms with Gasteiger partial charge < -0.3 is 10.1 Å². The third kappa shape index (κ3) is 4.31. The standard InChI is InChI=1S/C14H26N2O2/c1-6-10(4)13(15-11(5)17)14-16-12(8-18-14)7-9(2)3/h9-10,12-13H,6-8H2,1-5H3,(H,15,17)/t10-,12-,13-/m0/s1. The molecule has 0 radical (unpaired) electrons. The summed E-state index contributed by atoms with van der Waals surface area (Å²) >= 11 is 0. The predicted molar refractivity (Wildman–Crippen MR) is 73.7 cm³/mol. The van der Waals surface area contributed by atoms with Gasteiger partial charge in [0.2, 0.25) is 11.8 Å². The van der Waals surface area contributed by atoms with Gasteiger partial charge in [-0.25, -0.2) is 4.99 Å². The van der Waals surface area contributed by atoms with Crippen molar-refractivity contribution < 1.29 is 9.53 Å². The Kier molecular flexibility index (Phi) is 5.63. The zero-order valence-corrected chi connectivity index (χ0v) is 12.2. The number of hydrogen-bond donors (Lipinski definition) is 1. The highest BCUT2D eigenvalue weighted by atomic mass is 16.5. The number of rotatable bonds is 6. The monoisotopic (exact) mass is 254 g/mol. The summed E-state index contributed by atoms with van der Waals surface area (Å²) in [6.45, 7) is 10.8. The van der Waals surface area contributed by atoms with E-state index in [1.165, 1.54) is 6.92 Å². The van der Waals surface area contributed by atoms with Crippen LogP contribution >= 0.6 is 0 Å². The first-order valence-electron chi connectivity index (χ1n) is 6.91. The molecule has 1 N–H and O–H groups in total. The fourth-order valence-electron chi connectivity index (χ4n) is 2.17. The van der Waals surface area contributed by atoms with Crippen molar-refractivity contribution in [3.63, 3.8) is 0 Å². The summed E-state index contributed by atoms with van der Waals surface area (Å²) in [6, 6.07) is 0.171. The molecular weight excluding hydrogens is 228 g/mol. The second kappa shape index (κ2) is 6.76. The van der Waals surface area contributed by atoms with E-state index in [4.69, 9.17) is 4.74 Å². The van der Waals surface area contributed by atoms with Crippen LogP contribution in [0.5, 0.6) is 0 Å². The van der Waals surface area contributed by atoms with Crippen LogP contribution in [0.4, 0.5) is 0 Å². The minimum absolute atomic E-state index is 0.0288. The van der Waals surface area contributed by atoms with Gasteiger partial charge in [0, 0.05) is 6.92 Å². The summed E-state index contributed by atoms with van der Waals surface area (Å²) < 4.78 is 5.69. The molecular formula is C14H26N2O2. The number of hydrogen-bond acceptors (Lipinski definition) is 3. The predicted octanol–water partition coefficient (Wildman–Crippen LogP) is 2.38. The number of ether oxygens (including phenoxy) is 1. The molecule has 0 aromatic rings. The van der Waals surface area contributed by atoms with Crippen molar-refractivity contribution >= 4 is 11.8 Å². The van der Waals surface area contributed by atoms with E-state index < -0.39 is 0 Å². The van der Waals surface area contributed by atoms with Crippen LogP contribution in [0.1, 0.15) is 47.5 Å². The number of nitrogens with one attached hydrogen (secondary N) is 1. The van der Waals surface area contributed by atoms with E-state index in [0.29, 0.717) is 24.3 Å². The molecule has 18 heavy (non-hydrogen) atoms. The average Bonchev–Trinajstić information content (AvgIpc) is 2.72. The molecule has 0 spiro atoms. The smallest absolute Gasteiger partial charge is 0.217 e. The summed E-state index contributed by atoms with van der Waals surface area (Å²) in [4.78, 5) is 15.9. The summed E-state index contributed by atoms with van der Waals surface area (Å²) in [5.41, 5.74) is 0. The summed E-state index contributed by atoms with van der Waals surface area (Å²) in [5.74, 6) is 1.64. The molecule has 1 rings (SSSR count). The molecule has 1 aliphatic heterocycles. The number of carbonyl (C=O) groups is 1. The highest BCUT2D eigenvalue weighted by molar-refractivity contribution is 5.88. The molecule has 0 aliphatic carbocycles. The lowest BCUT2D eigenvalue weighted by Gasteiger charge is -2.22. The molecule has 1 heterocycles. The zero-order chi connectivity index (χ0) is 13.7. The number of amides is 1. The first kappa shape index (κ1) is 15.0. The molecule has 0 saturated heterocycles. The van der Waals surface area contributed by atoms with E-state index >= 15 is 0 Å². The van der Waals surface area contributed by atoms with Gasteiger partial charge in [0.25, 0.3) is 0 Å². The molecule has 0 bridgehead atoms. The molecule has 4 heteroatoms. The van der Waals surface area contributed by atoms with Gasteiger partial charge in [-0.2, -0.15) is 0 Å². The molecule has 1 amide bonds. The maximum atomic E-state index is 11.3. The lowest BCUT2D eigenvalue weighted by molar-refractivity contribution is -0.119. The Labute approximate surface area is 110 Å². The van der Waals surface area contributed by atoms with E-state index in [1.54, 1.807) is 0 Å². The molecule has 0 saturated carbocycles. The van der Waals surface area contributed by atoms with E-state index in [1.807, 2.05) is 0 Å². The SMILES string of the molecule is CC[C@H](C)[C@H](NC(C)=O)C1=N[C@@H](CC(C)C)CO1. The summed E-state index contributed by atoms with van der Waals surface area (Å²) in [6.07, 6.45) is 2.03. The minimum atomic E-state index is -0.0790. The van der Waals surface area contributed by atoms with Gasteiger partial charge in [0.15, 0.2) is 0 Å². The third-order valence-electron chi connectivity index (χ3n) is 3.31. The maximum Gasteiger partial charge on any atom is 0.217 e. The van der Waals surface area contributed by atoms with Crippen LogP contribution in [0.25, 0.3) is 0 Å². The number of aliphatic imine (C=N–C) groups is 1. The Morgan fingerprint density at radius 3 is 2.67 bits per heavy atom. The molecule has 0 fully saturated rings. The molecule has 0 unspecified atom stereocenters. The number of carbonyl (C=O) groups excluding carboxylic acids is 1. The van der Waals surface area contributed by atoms with Gasteiger partial charge in [-0.3, -0.25) is 4.79 Å². The van der Waals surface area contributed by atoms with Crippen molar-refractivity contribution in [3.8, 4) is 0 Å². The molecule has 3 atom stereocenters. The molecule has 104 valence electrons. The normalized spacial score (nSPS) is 22.3. The fraction of sp³-hybridized carbons (Fsp3) is 0.857. The second-order valence-electron chi connectivity index (χ2n) is 5.63. The van der Waals surface area contributed by atoms with E-state index in [2.05, 4.69) is 38.0 Å². The zero-order valence-electron chi connectivity index (χ0n) is 12.2. The summed E-state index contributed by atoms with van der Waals surface area (Å²) in [5, 5.41) is 2.95. The molecule has 4 nitrogen and oxygen atoms in total. The lowest BCUT2D eigenvalue weighted by Crippen LogP contribution is -2.44. The minimum Gasteiger partial charge on any atom is -0.477 e. The van der Waals surface area contributed by atoms with E-state index in [0.717, 1.165) is 12.8 Å². The van der Waals surface area contributed by atoms with Gasteiger partial charge in [-0.1, -0.05) is 34.1 Å². The Bertz CT molecular complexity index is 313. The van der Waals surface area contributed by atoms with Crippen molar-refractivity contribution in [2.45, 2.75) is 59.5 Å². The van der Waals surface area contributed by atoms with Crippen LogP contribution in [0, 0.1) is 11.8 Å².